The molecule has 0 saturated heterocycles. The molecule has 0 aliphatic rings. The predicted molar refractivity (Wildman–Crippen MR) is 81.0 cm³/mol. The summed E-state index contributed by atoms with van der Waals surface area (Å²) < 4.78 is 0. The van der Waals surface area contributed by atoms with Gasteiger partial charge in [0.05, 0.1) is 6.54 Å². The maximum absolute atomic E-state index is 10.2. The SMILES string of the molecule is NCCNCCNCCNCCNCCNCC(=O)O. The van der Waals surface area contributed by atoms with Crippen LogP contribution in [0.4, 0.5) is 0 Å². The van der Waals surface area contributed by atoms with Crippen molar-refractivity contribution in [2.45, 2.75) is 0 Å². The molecule has 0 aliphatic carbocycles. The number of carbonyl (C=O) groups is 1. The highest BCUT2D eigenvalue weighted by Gasteiger charge is 1.94. The van der Waals surface area contributed by atoms with Crippen LogP contribution in [0.1, 0.15) is 0 Å². The minimum absolute atomic E-state index is 0.0196. The lowest BCUT2D eigenvalue weighted by atomic mass is 10.5. The maximum atomic E-state index is 10.2. The second-order valence-corrected chi connectivity index (χ2v) is 4.36. The number of carboxylic acids is 1. The van der Waals surface area contributed by atoms with Gasteiger partial charge in [-0.1, -0.05) is 0 Å². The Morgan fingerprint density at radius 1 is 0.700 bits per heavy atom. The number of nitrogens with two attached hydrogens (primary N) is 1. The van der Waals surface area contributed by atoms with Gasteiger partial charge in [0.15, 0.2) is 0 Å². The van der Waals surface area contributed by atoms with Gasteiger partial charge in [0, 0.05) is 65.4 Å². The zero-order valence-electron chi connectivity index (χ0n) is 12.2. The molecular formula is C12H30N6O2. The van der Waals surface area contributed by atoms with Crippen LogP contribution >= 0.6 is 0 Å². The van der Waals surface area contributed by atoms with Gasteiger partial charge in [-0.2, -0.15) is 0 Å². The monoisotopic (exact) mass is 290 g/mol. The first kappa shape index (κ1) is 19.2. The van der Waals surface area contributed by atoms with Crippen LogP contribution in [0.25, 0.3) is 0 Å². The summed E-state index contributed by atoms with van der Waals surface area (Å²) >= 11 is 0. The molecule has 0 radical (unpaired) electrons. The number of hydrogen-bond acceptors (Lipinski definition) is 7. The number of nitrogens with one attached hydrogen (secondary N) is 5. The predicted octanol–water partition coefficient (Wildman–Crippen LogP) is -3.02. The third-order valence-corrected chi connectivity index (χ3v) is 2.51. The van der Waals surface area contributed by atoms with Crippen molar-refractivity contribution in [1.29, 1.82) is 0 Å². The number of rotatable bonds is 16. The van der Waals surface area contributed by atoms with Crippen molar-refractivity contribution in [1.82, 2.24) is 26.6 Å². The van der Waals surface area contributed by atoms with Gasteiger partial charge in [0.25, 0.3) is 0 Å². The average molecular weight is 290 g/mol. The molecule has 8 N–H and O–H groups in total. The van der Waals surface area contributed by atoms with Crippen molar-refractivity contribution in [3.63, 3.8) is 0 Å². The first-order valence-corrected chi connectivity index (χ1v) is 7.23. The number of hydrogen-bond donors (Lipinski definition) is 7. The summed E-state index contributed by atoms with van der Waals surface area (Å²) in [6, 6.07) is 0. The molecule has 0 rings (SSSR count). The molecule has 8 heteroatoms. The molecule has 0 unspecified atom stereocenters. The van der Waals surface area contributed by atoms with Crippen molar-refractivity contribution < 1.29 is 9.90 Å². The van der Waals surface area contributed by atoms with Crippen molar-refractivity contribution >= 4 is 5.97 Å². The summed E-state index contributed by atoms with van der Waals surface area (Å²) in [5.74, 6) is -0.822. The Balaban J connectivity index is 2.94. The van der Waals surface area contributed by atoms with E-state index in [9.17, 15) is 4.79 Å². The molecule has 120 valence electrons. The normalized spacial score (nSPS) is 10.8. The van der Waals surface area contributed by atoms with E-state index < -0.39 is 5.97 Å². The van der Waals surface area contributed by atoms with Gasteiger partial charge in [-0.3, -0.25) is 4.79 Å². The van der Waals surface area contributed by atoms with Gasteiger partial charge in [-0.05, 0) is 0 Å². The molecule has 0 heterocycles. The van der Waals surface area contributed by atoms with Crippen molar-refractivity contribution in [3.8, 4) is 0 Å². The summed E-state index contributed by atoms with van der Waals surface area (Å²) in [7, 11) is 0. The van der Waals surface area contributed by atoms with E-state index in [1.807, 2.05) is 0 Å². The Bertz CT molecular complexity index is 218. The molecule has 0 bridgehead atoms. The number of aliphatic carboxylic acids is 1. The van der Waals surface area contributed by atoms with Crippen LogP contribution < -0.4 is 32.3 Å². The second kappa shape index (κ2) is 16.3. The average Bonchev–Trinajstić information content (AvgIpc) is 2.43. The lowest BCUT2D eigenvalue weighted by Gasteiger charge is -2.08. The van der Waals surface area contributed by atoms with Crippen LogP contribution in [0.3, 0.4) is 0 Å². The van der Waals surface area contributed by atoms with E-state index in [2.05, 4.69) is 26.6 Å². The van der Waals surface area contributed by atoms with Gasteiger partial charge in [-0.25, -0.2) is 0 Å². The summed E-state index contributed by atoms with van der Waals surface area (Å²) in [6.45, 7) is 8.60. The highest BCUT2D eigenvalue weighted by Crippen LogP contribution is 1.64. The Labute approximate surface area is 121 Å². The van der Waals surface area contributed by atoms with Crippen LogP contribution in [0.5, 0.6) is 0 Å². The molecular weight excluding hydrogens is 260 g/mol. The minimum Gasteiger partial charge on any atom is -0.480 e. The summed E-state index contributed by atoms with van der Waals surface area (Å²) in [5, 5.41) is 24.3. The van der Waals surface area contributed by atoms with E-state index in [0.717, 1.165) is 52.4 Å². The fourth-order valence-electron chi connectivity index (χ4n) is 1.50. The molecule has 0 saturated carbocycles. The Kier molecular flexibility index (Phi) is 15.7. The molecule has 0 amide bonds. The molecule has 0 aromatic rings. The molecule has 0 aromatic carbocycles. The second-order valence-electron chi connectivity index (χ2n) is 4.36. The van der Waals surface area contributed by atoms with E-state index in [4.69, 9.17) is 10.8 Å². The zero-order valence-corrected chi connectivity index (χ0v) is 12.2. The van der Waals surface area contributed by atoms with E-state index in [1.165, 1.54) is 0 Å². The fraction of sp³-hybridized carbons (Fsp3) is 0.917. The zero-order chi connectivity index (χ0) is 14.9. The molecule has 0 atom stereocenters. The third-order valence-electron chi connectivity index (χ3n) is 2.51. The van der Waals surface area contributed by atoms with E-state index in [-0.39, 0.29) is 6.54 Å². The smallest absolute Gasteiger partial charge is 0.317 e. The molecule has 8 nitrogen and oxygen atoms in total. The highest BCUT2D eigenvalue weighted by atomic mass is 16.4. The quantitative estimate of drug-likeness (QED) is 0.150. The van der Waals surface area contributed by atoms with E-state index in [1.54, 1.807) is 0 Å². The van der Waals surface area contributed by atoms with Crippen LogP contribution in [0.2, 0.25) is 0 Å². The van der Waals surface area contributed by atoms with Crippen molar-refractivity contribution in [2.75, 3.05) is 72.0 Å². The Morgan fingerprint density at radius 2 is 1.05 bits per heavy atom. The van der Waals surface area contributed by atoms with E-state index in [0.29, 0.717) is 13.1 Å². The first-order valence-electron chi connectivity index (χ1n) is 7.23. The lowest BCUT2D eigenvalue weighted by Crippen LogP contribution is -2.37. The van der Waals surface area contributed by atoms with Crippen LogP contribution in [-0.2, 0) is 4.79 Å². The highest BCUT2D eigenvalue weighted by molar-refractivity contribution is 5.68. The molecule has 0 fully saturated rings. The van der Waals surface area contributed by atoms with Crippen LogP contribution in [0, 0.1) is 0 Å². The summed E-state index contributed by atoms with van der Waals surface area (Å²) in [4.78, 5) is 10.2. The molecule has 0 aliphatic heterocycles. The fourth-order valence-corrected chi connectivity index (χ4v) is 1.50. The van der Waals surface area contributed by atoms with Gasteiger partial charge >= 0.3 is 5.97 Å². The Morgan fingerprint density at radius 3 is 1.40 bits per heavy atom. The van der Waals surface area contributed by atoms with E-state index >= 15 is 0 Å². The molecule has 0 spiro atoms. The van der Waals surface area contributed by atoms with Gasteiger partial charge in [0.1, 0.15) is 0 Å². The van der Waals surface area contributed by atoms with Crippen molar-refractivity contribution in [3.05, 3.63) is 0 Å². The number of carboxylic acid groups (broad SMARTS) is 1. The third kappa shape index (κ3) is 17.2. The molecule has 20 heavy (non-hydrogen) atoms. The van der Waals surface area contributed by atoms with Gasteiger partial charge in [-0.15, -0.1) is 0 Å². The Hall–Kier alpha value is -0.770. The molecule has 0 aromatic heterocycles. The first-order chi connectivity index (χ1) is 9.77. The summed E-state index contributed by atoms with van der Waals surface area (Å²) in [5.41, 5.74) is 5.36. The topological polar surface area (TPSA) is 123 Å². The van der Waals surface area contributed by atoms with Crippen LogP contribution in [-0.4, -0.2) is 83.1 Å². The van der Waals surface area contributed by atoms with Crippen molar-refractivity contribution in [2.24, 2.45) is 5.73 Å². The van der Waals surface area contributed by atoms with Gasteiger partial charge in [0.2, 0.25) is 0 Å². The summed E-state index contributed by atoms with van der Waals surface area (Å²) in [6.07, 6.45) is 0. The lowest BCUT2D eigenvalue weighted by molar-refractivity contribution is -0.135. The minimum atomic E-state index is -0.822. The standard InChI is InChI=1S/C12H30N6O2/c13-1-2-14-3-4-15-5-6-16-7-8-17-9-10-18-11-12(19)20/h14-18H,1-11,13H2,(H,19,20). The largest absolute Gasteiger partial charge is 0.480 e. The van der Waals surface area contributed by atoms with Crippen LogP contribution in [0.15, 0.2) is 0 Å². The maximum Gasteiger partial charge on any atom is 0.317 e. The van der Waals surface area contributed by atoms with Gasteiger partial charge < -0.3 is 37.4 Å².